The van der Waals surface area contributed by atoms with E-state index in [9.17, 15) is 0 Å². The van der Waals surface area contributed by atoms with Crippen molar-refractivity contribution in [1.29, 1.82) is 0 Å². The molecule has 2 atom stereocenters. The lowest BCUT2D eigenvalue weighted by atomic mass is 9.42. The fourth-order valence-corrected chi connectivity index (χ4v) is 12.8. The summed E-state index contributed by atoms with van der Waals surface area (Å²) in [6.45, 7) is 19.7. The van der Waals surface area contributed by atoms with Gasteiger partial charge in [-0.05, 0) is 128 Å². The van der Waals surface area contributed by atoms with E-state index in [0.717, 1.165) is 0 Å². The van der Waals surface area contributed by atoms with Gasteiger partial charge in [0.25, 0.3) is 0 Å². The van der Waals surface area contributed by atoms with Gasteiger partial charge in [-0.25, -0.2) is 0 Å². The van der Waals surface area contributed by atoms with Gasteiger partial charge in [-0.1, -0.05) is 158 Å². The van der Waals surface area contributed by atoms with Crippen molar-refractivity contribution in [3.63, 3.8) is 0 Å². The van der Waals surface area contributed by atoms with Crippen molar-refractivity contribution in [2.24, 2.45) is 0 Å². The minimum Gasteiger partial charge on any atom is -0.376 e. The number of nitrogens with zero attached hydrogens (tertiary/aromatic N) is 2. The molecule has 1 saturated carbocycles. The lowest BCUT2D eigenvalue weighted by Gasteiger charge is -2.53. The third kappa shape index (κ3) is 4.39. The fraction of sp³-hybridized carbons (Fsp3) is 0.286. The molecule has 12 rings (SSSR count). The summed E-state index contributed by atoms with van der Waals surface area (Å²) < 4.78 is 0. The molecule has 3 heteroatoms. The molecule has 3 aliphatic heterocycles. The predicted molar refractivity (Wildman–Crippen MR) is 252 cm³/mol. The average Bonchev–Trinajstić information content (AvgIpc) is 3.60. The van der Waals surface area contributed by atoms with Crippen molar-refractivity contribution < 1.29 is 0 Å². The maximum atomic E-state index is 2.93. The van der Waals surface area contributed by atoms with Crippen LogP contribution in [0, 0.1) is 6.92 Å². The van der Waals surface area contributed by atoms with Crippen molar-refractivity contribution in [3.8, 4) is 33.4 Å². The van der Waals surface area contributed by atoms with Crippen LogP contribution in [0.5, 0.6) is 0 Å². The zero-order chi connectivity index (χ0) is 40.4. The van der Waals surface area contributed by atoms with E-state index < -0.39 is 0 Å². The second-order valence-electron chi connectivity index (χ2n) is 20.5. The van der Waals surface area contributed by atoms with Crippen molar-refractivity contribution in [3.05, 3.63) is 155 Å². The Hall–Kier alpha value is -5.54. The van der Waals surface area contributed by atoms with E-state index in [1.807, 2.05) is 0 Å². The maximum Gasteiger partial charge on any atom is 0.333 e. The van der Waals surface area contributed by atoms with Gasteiger partial charge in [-0.3, -0.25) is 0 Å². The molecule has 0 saturated heterocycles. The summed E-state index contributed by atoms with van der Waals surface area (Å²) >= 11 is 0. The topological polar surface area (TPSA) is 6.48 Å². The first-order valence-electron chi connectivity index (χ1n) is 22.1. The first-order chi connectivity index (χ1) is 28.3. The molecule has 0 radical (unpaired) electrons. The summed E-state index contributed by atoms with van der Waals surface area (Å²) in [5, 5.41) is 2.71. The van der Waals surface area contributed by atoms with Gasteiger partial charge >= 0.3 is 6.85 Å². The van der Waals surface area contributed by atoms with E-state index in [1.165, 1.54) is 126 Å². The third-order valence-electron chi connectivity index (χ3n) is 16.0. The van der Waals surface area contributed by atoms with Gasteiger partial charge in [0, 0.05) is 44.5 Å². The Morgan fingerprint density at radius 2 is 1.34 bits per heavy atom. The highest BCUT2D eigenvalue weighted by Gasteiger charge is 2.62. The number of anilines is 4. The third-order valence-corrected chi connectivity index (χ3v) is 16.0. The van der Waals surface area contributed by atoms with E-state index in [2.05, 4.69) is 192 Å². The Morgan fingerprint density at radius 1 is 0.610 bits per heavy atom. The Balaban J connectivity index is 1.26. The molecule has 2 nitrogen and oxygen atoms in total. The minimum atomic E-state index is -0.179. The standard InChI is InChI=1S/C56H53BN2/c1-34-30-36(35-18-10-9-11-19-35)24-26-46(34)59-47-27-25-41-40-22-14-15-23-43(40)54(5,6)49(41)48(47)42-31-37-20-12-13-21-39(37)51-50(42)57(59)45-33-38(53(2,3)4)32-44-52(45)58(51)56(8)29-17-16-28-55(44,56)7/h9-15,18-27,30-33H,16-17,28-29H2,1-8H3. The number of hydrogen-bond donors (Lipinski definition) is 0. The summed E-state index contributed by atoms with van der Waals surface area (Å²) in [4.78, 5) is 5.73. The van der Waals surface area contributed by atoms with E-state index >= 15 is 0 Å². The first kappa shape index (κ1) is 35.4. The van der Waals surface area contributed by atoms with Gasteiger partial charge in [-0.15, -0.1) is 0 Å². The number of hydrogen-bond acceptors (Lipinski definition) is 2. The summed E-state index contributed by atoms with van der Waals surface area (Å²) in [6, 6.07) is 49.4. The molecule has 1 fully saturated rings. The SMILES string of the molecule is Cc1cc(-c2ccccc2)ccc1N1B2c3cc(C(C)(C)C)cc4c3N(c3c2c(cc2ccccc32)-c2c1ccc1c2C(C)(C)c2ccccc2-1)C1(C)CCCCC41C. The predicted octanol–water partition coefficient (Wildman–Crippen LogP) is 13.4. The number of fused-ring (bicyclic) bond motifs is 13. The second kappa shape index (κ2) is 11.6. The molecule has 2 unspecified atom stereocenters. The van der Waals surface area contributed by atoms with E-state index in [1.54, 1.807) is 5.56 Å². The normalized spacial score (nSPS) is 21.5. The molecule has 2 aliphatic carbocycles. The van der Waals surface area contributed by atoms with Crippen LogP contribution in [-0.4, -0.2) is 12.4 Å². The van der Waals surface area contributed by atoms with Crippen LogP contribution in [0.1, 0.15) is 102 Å². The van der Waals surface area contributed by atoms with Crippen molar-refractivity contribution in [2.45, 2.75) is 103 Å². The lowest BCUT2D eigenvalue weighted by molar-refractivity contribution is 0.195. The van der Waals surface area contributed by atoms with Crippen LogP contribution < -0.4 is 20.6 Å². The highest BCUT2D eigenvalue weighted by Crippen LogP contribution is 2.64. The van der Waals surface area contributed by atoms with Crippen LogP contribution in [0.15, 0.2) is 127 Å². The highest BCUT2D eigenvalue weighted by molar-refractivity contribution is 6.94. The van der Waals surface area contributed by atoms with Gasteiger partial charge < -0.3 is 9.71 Å². The number of aryl methyl sites for hydroxylation is 1. The van der Waals surface area contributed by atoms with Crippen LogP contribution in [0.3, 0.4) is 0 Å². The van der Waals surface area contributed by atoms with Crippen molar-refractivity contribution >= 4 is 51.3 Å². The molecule has 3 heterocycles. The molecule has 7 aromatic rings. The van der Waals surface area contributed by atoms with Gasteiger partial charge in [-0.2, -0.15) is 0 Å². The molecule has 290 valence electrons. The van der Waals surface area contributed by atoms with Crippen LogP contribution >= 0.6 is 0 Å². The molecular formula is C56H53BN2. The molecule has 0 aromatic heterocycles. The molecule has 0 bridgehead atoms. The molecule has 5 aliphatic rings. The largest absolute Gasteiger partial charge is 0.376 e. The van der Waals surface area contributed by atoms with Gasteiger partial charge in [0.2, 0.25) is 0 Å². The summed E-state index contributed by atoms with van der Waals surface area (Å²) in [7, 11) is 0. The van der Waals surface area contributed by atoms with Crippen LogP contribution in [-0.2, 0) is 16.2 Å². The molecule has 7 aromatic carbocycles. The molecule has 0 spiro atoms. The van der Waals surface area contributed by atoms with E-state index in [0.29, 0.717) is 0 Å². The van der Waals surface area contributed by atoms with Gasteiger partial charge in [0.05, 0.1) is 5.54 Å². The van der Waals surface area contributed by atoms with Crippen LogP contribution in [0.4, 0.5) is 22.7 Å². The molecular weight excluding hydrogens is 711 g/mol. The quantitative estimate of drug-likeness (QED) is 0.162. The number of benzene rings is 7. The maximum absolute atomic E-state index is 2.93. The highest BCUT2D eigenvalue weighted by atomic mass is 15.3. The summed E-state index contributed by atoms with van der Waals surface area (Å²) in [5.74, 6) is 0. The fourth-order valence-electron chi connectivity index (χ4n) is 12.8. The van der Waals surface area contributed by atoms with Gasteiger partial charge in [0.15, 0.2) is 0 Å². The number of rotatable bonds is 2. The van der Waals surface area contributed by atoms with E-state index in [4.69, 9.17) is 0 Å². The average molecular weight is 765 g/mol. The smallest absolute Gasteiger partial charge is 0.333 e. The monoisotopic (exact) mass is 764 g/mol. The molecule has 0 N–H and O–H groups in total. The van der Waals surface area contributed by atoms with E-state index in [-0.39, 0.29) is 28.6 Å². The van der Waals surface area contributed by atoms with Crippen LogP contribution in [0.2, 0.25) is 0 Å². The molecule has 59 heavy (non-hydrogen) atoms. The Labute approximate surface area is 351 Å². The molecule has 0 amide bonds. The Bertz CT molecular complexity index is 2970. The Morgan fingerprint density at radius 3 is 2.14 bits per heavy atom. The summed E-state index contributed by atoms with van der Waals surface area (Å²) in [6.07, 6.45) is 4.93. The zero-order valence-corrected chi connectivity index (χ0v) is 35.9. The minimum absolute atomic E-state index is 0.00581. The van der Waals surface area contributed by atoms with Gasteiger partial charge in [0.1, 0.15) is 0 Å². The van der Waals surface area contributed by atoms with Crippen molar-refractivity contribution in [1.82, 2.24) is 0 Å². The Kier molecular flexibility index (Phi) is 6.96. The van der Waals surface area contributed by atoms with Crippen molar-refractivity contribution in [2.75, 3.05) is 9.71 Å². The zero-order valence-electron chi connectivity index (χ0n) is 35.9. The summed E-state index contributed by atoms with van der Waals surface area (Å²) in [5.41, 5.74) is 23.5. The van der Waals surface area contributed by atoms with Crippen LogP contribution in [0.25, 0.3) is 44.2 Å². The lowest BCUT2D eigenvalue weighted by Crippen LogP contribution is -2.65. The second-order valence-corrected chi connectivity index (χ2v) is 20.5. The first-order valence-corrected chi connectivity index (χ1v) is 22.1.